The number of aromatic amines is 1. The molecule has 0 radical (unpaired) electrons. The number of nitrogens with two attached hydrogens (primary N) is 1. The first-order valence-corrected chi connectivity index (χ1v) is 5.83. The number of alkyl halides is 1. The standard InChI is InChI=1S/C10H12FN5O4.ClH/c11-4-6(18)3(1-17)20-9(4)16-2-13-5-7(16)14-10(12)15-8(5)19;/h2-4,6,9,17-18H,1H2,(H3,12,14,15,19);1H/t3-,4-,6-,9-;/m1./s1. The van der Waals surface area contributed by atoms with Crippen molar-refractivity contribution in [1.29, 1.82) is 0 Å². The quantitative estimate of drug-likeness (QED) is 0.539. The van der Waals surface area contributed by atoms with E-state index in [0.29, 0.717) is 0 Å². The van der Waals surface area contributed by atoms with Crippen LogP contribution in [0, 0.1) is 0 Å². The molecule has 1 aliphatic rings. The van der Waals surface area contributed by atoms with Crippen molar-refractivity contribution >= 4 is 29.5 Å². The summed E-state index contributed by atoms with van der Waals surface area (Å²) in [5, 5.41) is 18.6. The van der Waals surface area contributed by atoms with Crippen molar-refractivity contribution in [3.05, 3.63) is 16.7 Å². The van der Waals surface area contributed by atoms with Gasteiger partial charge in [0.2, 0.25) is 5.95 Å². The third-order valence-electron chi connectivity index (χ3n) is 3.20. The molecule has 1 saturated heterocycles. The molecule has 9 nitrogen and oxygen atoms in total. The largest absolute Gasteiger partial charge is 0.394 e. The molecule has 11 heteroatoms. The summed E-state index contributed by atoms with van der Waals surface area (Å²) in [7, 11) is 0. The topological polar surface area (TPSA) is 139 Å². The highest BCUT2D eigenvalue weighted by atomic mass is 35.5. The molecule has 0 amide bonds. The van der Waals surface area contributed by atoms with E-state index in [1.165, 1.54) is 10.9 Å². The van der Waals surface area contributed by atoms with Crippen molar-refractivity contribution in [2.75, 3.05) is 12.3 Å². The smallest absolute Gasteiger partial charge is 0.280 e. The van der Waals surface area contributed by atoms with Gasteiger partial charge >= 0.3 is 0 Å². The van der Waals surface area contributed by atoms with E-state index < -0.39 is 36.8 Å². The molecule has 0 bridgehead atoms. The second kappa shape index (κ2) is 5.56. The monoisotopic (exact) mass is 321 g/mol. The lowest BCUT2D eigenvalue weighted by atomic mass is 10.1. The van der Waals surface area contributed by atoms with Crippen molar-refractivity contribution in [3.8, 4) is 0 Å². The van der Waals surface area contributed by atoms with Gasteiger partial charge in [0.1, 0.15) is 12.2 Å². The third-order valence-corrected chi connectivity index (χ3v) is 3.20. The zero-order chi connectivity index (χ0) is 14.4. The van der Waals surface area contributed by atoms with Crippen LogP contribution < -0.4 is 11.3 Å². The van der Waals surface area contributed by atoms with Gasteiger partial charge in [-0.2, -0.15) is 4.98 Å². The Labute approximate surface area is 123 Å². The van der Waals surface area contributed by atoms with E-state index in [2.05, 4.69) is 15.0 Å². The average Bonchev–Trinajstić information content (AvgIpc) is 2.93. The molecule has 0 spiro atoms. The predicted octanol–water partition coefficient (Wildman–Crippen LogP) is -1.29. The second-order valence-electron chi connectivity index (χ2n) is 4.46. The average molecular weight is 322 g/mol. The summed E-state index contributed by atoms with van der Waals surface area (Å²) in [5.74, 6) is -0.142. The number of ether oxygens (including phenoxy) is 1. The molecule has 2 aromatic heterocycles. The molecular weight excluding hydrogens is 309 g/mol. The molecule has 0 unspecified atom stereocenters. The van der Waals surface area contributed by atoms with Crippen LogP contribution in [0.5, 0.6) is 0 Å². The van der Waals surface area contributed by atoms with Crippen LogP contribution in [0.3, 0.4) is 0 Å². The lowest BCUT2D eigenvalue weighted by molar-refractivity contribution is -0.0459. The minimum Gasteiger partial charge on any atom is -0.394 e. The normalized spacial score (nSPS) is 28.7. The summed E-state index contributed by atoms with van der Waals surface area (Å²) in [5.41, 5.74) is 4.91. The zero-order valence-corrected chi connectivity index (χ0v) is 11.3. The fourth-order valence-corrected chi connectivity index (χ4v) is 2.21. The van der Waals surface area contributed by atoms with Gasteiger partial charge in [0.05, 0.1) is 12.9 Å². The number of hydrogen-bond acceptors (Lipinski definition) is 7. The highest BCUT2D eigenvalue weighted by Crippen LogP contribution is 2.32. The highest BCUT2D eigenvalue weighted by Gasteiger charge is 2.45. The van der Waals surface area contributed by atoms with Crippen LogP contribution in [-0.4, -0.2) is 54.7 Å². The van der Waals surface area contributed by atoms with Crippen LogP contribution in [0.4, 0.5) is 10.3 Å². The lowest BCUT2D eigenvalue weighted by Gasteiger charge is -2.14. The van der Waals surface area contributed by atoms with Crippen LogP contribution in [-0.2, 0) is 4.74 Å². The van der Waals surface area contributed by atoms with Gasteiger partial charge in [-0.15, -0.1) is 12.4 Å². The Bertz CT molecular complexity index is 706. The van der Waals surface area contributed by atoms with Gasteiger partial charge < -0.3 is 20.7 Å². The van der Waals surface area contributed by atoms with E-state index in [1.807, 2.05) is 0 Å². The fraction of sp³-hybridized carbons (Fsp3) is 0.500. The number of nitrogens with zero attached hydrogens (tertiary/aromatic N) is 3. The number of hydrogen-bond donors (Lipinski definition) is 4. The molecule has 1 fully saturated rings. The van der Waals surface area contributed by atoms with Gasteiger partial charge in [-0.25, -0.2) is 9.37 Å². The van der Waals surface area contributed by atoms with E-state index in [4.69, 9.17) is 15.6 Å². The van der Waals surface area contributed by atoms with Gasteiger partial charge in [-0.3, -0.25) is 14.3 Å². The van der Waals surface area contributed by atoms with Crippen LogP contribution in [0.25, 0.3) is 11.2 Å². The summed E-state index contributed by atoms with van der Waals surface area (Å²) in [6.45, 7) is -0.527. The minimum atomic E-state index is -1.79. The molecule has 4 atom stereocenters. The van der Waals surface area contributed by atoms with Gasteiger partial charge in [0, 0.05) is 0 Å². The van der Waals surface area contributed by atoms with Crippen molar-refractivity contribution in [1.82, 2.24) is 19.5 Å². The first-order chi connectivity index (χ1) is 9.52. The number of nitrogens with one attached hydrogen (secondary N) is 1. The molecule has 116 valence electrons. The summed E-state index contributed by atoms with van der Waals surface area (Å²) in [4.78, 5) is 21.6. The number of aromatic nitrogens is 4. The number of nitrogen functional groups attached to an aromatic ring is 1. The number of aliphatic hydroxyl groups excluding tert-OH is 2. The fourth-order valence-electron chi connectivity index (χ4n) is 2.21. The second-order valence-corrected chi connectivity index (χ2v) is 4.46. The summed E-state index contributed by atoms with van der Waals surface area (Å²) in [6.07, 6.45) is -4.36. The summed E-state index contributed by atoms with van der Waals surface area (Å²) in [6, 6.07) is 0. The SMILES string of the molecule is Cl.Nc1nc2c(ncn2[C@@H]2O[C@H](CO)[C@@H](O)[C@H]2F)c(=O)[nH]1. The van der Waals surface area contributed by atoms with E-state index in [1.54, 1.807) is 0 Å². The van der Waals surface area contributed by atoms with Crippen LogP contribution >= 0.6 is 12.4 Å². The molecule has 3 heterocycles. The molecular formula is C10H13ClFN5O4. The van der Waals surface area contributed by atoms with Crippen molar-refractivity contribution in [2.45, 2.75) is 24.6 Å². The van der Waals surface area contributed by atoms with Crippen LogP contribution in [0.1, 0.15) is 6.23 Å². The Morgan fingerprint density at radius 3 is 2.90 bits per heavy atom. The molecule has 0 aliphatic carbocycles. The number of rotatable bonds is 2. The van der Waals surface area contributed by atoms with Crippen LogP contribution in [0.15, 0.2) is 11.1 Å². The lowest BCUT2D eigenvalue weighted by Crippen LogP contribution is -2.30. The van der Waals surface area contributed by atoms with Crippen molar-refractivity contribution in [3.63, 3.8) is 0 Å². The number of anilines is 1. The Balaban J connectivity index is 0.00000161. The maximum absolute atomic E-state index is 14.0. The Hall–Kier alpha value is -1.75. The summed E-state index contributed by atoms with van der Waals surface area (Å²) < 4.78 is 20.4. The van der Waals surface area contributed by atoms with E-state index in [-0.39, 0.29) is 29.5 Å². The molecule has 21 heavy (non-hydrogen) atoms. The molecule has 0 saturated carbocycles. The Morgan fingerprint density at radius 1 is 1.57 bits per heavy atom. The Morgan fingerprint density at radius 2 is 2.29 bits per heavy atom. The first-order valence-electron chi connectivity index (χ1n) is 5.83. The van der Waals surface area contributed by atoms with Crippen molar-refractivity contribution in [2.24, 2.45) is 0 Å². The van der Waals surface area contributed by atoms with Gasteiger partial charge in [-0.1, -0.05) is 0 Å². The van der Waals surface area contributed by atoms with Gasteiger partial charge in [-0.05, 0) is 0 Å². The zero-order valence-electron chi connectivity index (χ0n) is 10.5. The maximum Gasteiger partial charge on any atom is 0.280 e. The van der Waals surface area contributed by atoms with Crippen LogP contribution in [0.2, 0.25) is 0 Å². The van der Waals surface area contributed by atoms with E-state index in [9.17, 15) is 14.3 Å². The van der Waals surface area contributed by atoms with Crippen molar-refractivity contribution < 1.29 is 19.3 Å². The predicted molar refractivity (Wildman–Crippen MR) is 71.7 cm³/mol. The van der Waals surface area contributed by atoms with E-state index >= 15 is 0 Å². The maximum atomic E-state index is 14.0. The molecule has 2 aromatic rings. The number of halogens is 2. The summed E-state index contributed by atoms with van der Waals surface area (Å²) >= 11 is 0. The molecule has 0 aromatic carbocycles. The number of fused-ring (bicyclic) bond motifs is 1. The number of aliphatic hydroxyl groups is 2. The molecule has 5 N–H and O–H groups in total. The van der Waals surface area contributed by atoms with E-state index in [0.717, 1.165) is 0 Å². The molecule has 3 rings (SSSR count). The number of H-pyrrole nitrogens is 1. The first kappa shape index (κ1) is 15.6. The molecule has 1 aliphatic heterocycles. The van der Waals surface area contributed by atoms with Gasteiger partial charge in [0.25, 0.3) is 5.56 Å². The number of imidazole rings is 1. The highest BCUT2D eigenvalue weighted by molar-refractivity contribution is 5.85. The third kappa shape index (κ3) is 2.35. The Kier molecular flexibility index (Phi) is 4.14. The van der Waals surface area contributed by atoms with Gasteiger partial charge in [0.15, 0.2) is 23.6 Å². The minimum absolute atomic E-state index is 0.